The fourth-order valence-corrected chi connectivity index (χ4v) is 11.3. The molecule has 12 aromatic rings. The molecule has 0 unspecified atom stereocenters. The van der Waals surface area contributed by atoms with Crippen LogP contribution in [0.1, 0.15) is 0 Å². The van der Waals surface area contributed by atoms with Crippen molar-refractivity contribution in [2.24, 2.45) is 0 Å². The Morgan fingerprint density at radius 3 is 1.68 bits per heavy atom. The maximum atomic E-state index is 2.49. The average Bonchev–Trinajstić information content (AvgIpc) is 3.95. The van der Waals surface area contributed by atoms with Gasteiger partial charge in [0.1, 0.15) is 0 Å². The molecule has 0 saturated carbocycles. The maximum absolute atomic E-state index is 2.49. The van der Waals surface area contributed by atoms with Crippen molar-refractivity contribution in [3.05, 3.63) is 194 Å². The van der Waals surface area contributed by atoms with Crippen molar-refractivity contribution in [3.63, 3.8) is 0 Å². The highest BCUT2D eigenvalue weighted by atomic mass is 32.1. The molecule has 4 aromatic heterocycles. The van der Waals surface area contributed by atoms with Crippen LogP contribution in [0.2, 0.25) is 0 Å². The van der Waals surface area contributed by atoms with Crippen LogP contribution in [0.25, 0.3) is 89.8 Å². The van der Waals surface area contributed by atoms with Crippen molar-refractivity contribution >= 4 is 107 Å². The summed E-state index contributed by atoms with van der Waals surface area (Å²) in [5.74, 6) is 0. The Balaban J connectivity index is 1.05. The summed E-state index contributed by atoms with van der Waals surface area (Å²) in [6, 6.07) is 69.1. The van der Waals surface area contributed by atoms with E-state index in [9.17, 15) is 0 Å². The van der Waals surface area contributed by atoms with E-state index in [-0.39, 0.29) is 0 Å². The van der Waals surface area contributed by atoms with E-state index in [2.05, 4.69) is 204 Å². The van der Waals surface area contributed by atoms with Gasteiger partial charge in [-0.25, -0.2) is 0 Å². The molecule has 4 heterocycles. The maximum Gasteiger partial charge on any atom is 0.0640 e. The average molecular weight is 749 g/mol. The summed E-state index contributed by atoms with van der Waals surface area (Å²) in [7, 11) is 0. The van der Waals surface area contributed by atoms with Gasteiger partial charge in [-0.2, -0.15) is 0 Å². The summed E-state index contributed by atoms with van der Waals surface area (Å²) in [5.41, 5.74) is 10.9. The van der Waals surface area contributed by atoms with Gasteiger partial charge in [0, 0.05) is 53.8 Å². The van der Waals surface area contributed by atoms with Gasteiger partial charge in [-0.3, -0.25) is 0 Å². The molecule has 0 spiro atoms. The molecule has 0 saturated heterocycles. The van der Waals surface area contributed by atoms with Crippen molar-refractivity contribution in [2.75, 3.05) is 4.90 Å². The van der Waals surface area contributed by atoms with Crippen molar-refractivity contribution in [1.82, 2.24) is 4.40 Å². The third-order valence-corrected chi connectivity index (χ3v) is 13.8. The van der Waals surface area contributed by atoms with Gasteiger partial charge >= 0.3 is 0 Å². The van der Waals surface area contributed by atoms with E-state index in [1.165, 1.54) is 101 Å². The lowest BCUT2D eigenvalue weighted by atomic mass is 9.95. The van der Waals surface area contributed by atoms with E-state index in [0.29, 0.717) is 0 Å². The van der Waals surface area contributed by atoms with Crippen LogP contribution in [0.4, 0.5) is 17.1 Å². The largest absolute Gasteiger partial charge is 0.316 e. The van der Waals surface area contributed by atoms with Crippen LogP contribution in [0.3, 0.4) is 0 Å². The quantitative estimate of drug-likeness (QED) is 0.170. The number of pyridine rings is 1. The first-order valence-electron chi connectivity index (χ1n) is 19.0. The van der Waals surface area contributed by atoms with Gasteiger partial charge in [0.05, 0.1) is 31.8 Å². The number of rotatable bonds is 5. The smallest absolute Gasteiger partial charge is 0.0640 e. The van der Waals surface area contributed by atoms with E-state index in [1.54, 1.807) is 0 Å². The number of thiophene rings is 2. The van der Waals surface area contributed by atoms with Gasteiger partial charge in [0.25, 0.3) is 0 Å². The van der Waals surface area contributed by atoms with Crippen molar-refractivity contribution < 1.29 is 0 Å². The zero-order valence-corrected chi connectivity index (χ0v) is 31.8. The first-order chi connectivity index (χ1) is 27.8. The van der Waals surface area contributed by atoms with Crippen LogP contribution in [-0.2, 0) is 0 Å². The van der Waals surface area contributed by atoms with Crippen LogP contribution in [0.5, 0.6) is 0 Å². The second-order valence-corrected chi connectivity index (χ2v) is 16.6. The molecule has 0 aliphatic carbocycles. The highest BCUT2D eigenvalue weighted by molar-refractivity contribution is 7.27. The second kappa shape index (κ2) is 12.4. The molecule has 56 heavy (non-hydrogen) atoms. The van der Waals surface area contributed by atoms with Gasteiger partial charge < -0.3 is 9.30 Å². The predicted octanol–water partition coefficient (Wildman–Crippen LogP) is 15.8. The molecule has 0 amide bonds. The number of hydrogen-bond donors (Lipinski definition) is 0. The number of aromatic nitrogens is 1. The lowest BCUT2D eigenvalue weighted by Gasteiger charge is -2.27. The molecule has 0 radical (unpaired) electrons. The molecule has 8 aromatic carbocycles. The summed E-state index contributed by atoms with van der Waals surface area (Å²) in [5, 5.41) is 9.00. The molecule has 4 heteroatoms. The number of hydrogen-bond acceptors (Lipinski definition) is 3. The number of nitrogens with zero attached hydrogens (tertiary/aromatic N) is 2. The Hall–Kier alpha value is -6.72. The summed E-state index contributed by atoms with van der Waals surface area (Å²) < 4.78 is 7.54. The van der Waals surface area contributed by atoms with Crippen LogP contribution < -0.4 is 4.90 Å². The van der Waals surface area contributed by atoms with E-state index >= 15 is 0 Å². The topological polar surface area (TPSA) is 7.65 Å². The van der Waals surface area contributed by atoms with Crippen LogP contribution in [0.15, 0.2) is 194 Å². The lowest BCUT2D eigenvalue weighted by molar-refractivity contribution is 1.26. The van der Waals surface area contributed by atoms with Crippen molar-refractivity contribution in [3.8, 4) is 22.3 Å². The van der Waals surface area contributed by atoms with Crippen LogP contribution >= 0.6 is 22.7 Å². The third-order valence-electron chi connectivity index (χ3n) is 11.4. The van der Waals surface area contributed by atoms with Crippen molar-refractivity contribution in [1.29, 1.82) is 0 Å². The third kappa shape index (κ3) is 4.73. The van der Waals surface area contributed by atoms with Gasteiger partial charge in [-0.1, -0.05) is 127 Å². The Kier molecular flexibility index (Phi) is 7.00. The Bertz CT molecular complexity index is 3370. The minimum absolute atomic E-state index is 1.14. The molecule has 0 aliphatic rings. The molecule has 0 atom stereocenters. The Labute approximate surface area is 331 Å². The first kappa shape index (κ1) is 31.6. The lowest BCUT2D eigenvalue weighted by Crippen LogP contribution is -2.10. The van der Waals surface area contributed by atoms with E-state index < -0.39 is 0 Å². The SMILES string of the molecule is c1ccc(-c2c3c4cc(-c5ccc(N(c6cccc7c6sc6ccccc67)c6cccc7c6sc6ccccc67)cc5)ccc4ccc3n3ccccc23)cc1. The van der Waals surface area contributed by atoms with Gasteiger partial charge in [0.2, 0.25) is 0 Å². The van der Waals surface area contributed by atoms with Crippen LogP contribution in [-0.4, -0.2) is 4.40 Å². The minimum atomic E-state index is 1.14. The molecule has 262 valence electrons. The molecule has 0 N–H and O–H groups in total. The molecule has 0 bridgehead atoms. The fraction of sp³-hybridized carbons (Fsp3) is 0. The Morgan fingerprint density at radius 2 is 0.982 bits per heavy atom. The summed E-state index contributed by atoms with van der Waals surface area (Å²) >= 11 is 3.76. The molecule has 0 aliphatic heterocycles. The molecular formula is C52H32N2S2. The molecule has 12 rings (SSSR count). The number of fused-ring (bicyclic) bond motifs is 11. The summed E-state index contributed by atoms with van der Waals surface area (Å²) in [4.78, 5) is 2.49. The predicted molar refractivity (Wildman–Crippen MR) is 244 cm³/mol. The van der Waals surface area contributed by atoms with E-state index in [0.717, 1.165) is 5.69 Å². The standard InChI is InChI=1S/C52H32N2S2/c1-2-12-35(13-3-1)49-43-18-8-9-31-53(43)44-30-27-34-23-24-36(32-42(34)50(44)49)33-25-28-37(29-26-33)54(45-19-10-16-40-38-14-4-6-21-47(38)55-51(40)45)46-20-11-17-41-39-15-5-7-22-48(39)56-52(41)46/h1-32H. The summed E-state index contributed by atoms with van der Waals surface area (Å²) in [6.07, 6.45) is 2.18. The van der Waals surface area contributed by atoms with Gasteiger partial charge in [-0.15, -0.1) is 22.7 Å². The second-order valence-electron chi connectivity index (χ2n) is 14.5. The normalized spacial score (nSPS) is 11.9. The van der Waals surface area contributed by atoms with Crippen LogP contribution in [0, 0.1) is 0 Å². The molecular weight excluding hydrogens is 717 g/mol. The Morgan fingerprint density at radius 1 is 0.393 bits per heavy atom. The summed E-state index contributed by atoms with van der Waals surface area (Å²) in [6.45, 7) is 0. The highest BCUT2D eigenvalue weighted by Crippen LogP contribution is 2.49. The molecule has 0 fully saturated rings. The van der Waals surface area contributed by atoms with E-state index in [1.807, 2.05) is 22.7 Å². The minimum Gasteiger partial charge on any atom is -0.316 e. The van der Waals surface area contributed by atoms with E-state index in [4.69, 9.17) is 0 Å². The first-order valence-corrected chi connectivity index (χ1v) is 20.6. The van der Waals surface area contributed by atoms with Gasteiger partial charge in [-0.05, 0) is 88.1 Å². The van der Waals surface area contributed by atoms with Gasteiger partial charge in [0.15, 0.2) is 0 Å². The zero-order chi connectivity index (χ0) is 36.7. The fourth-order valence-electron chi connectivity index (χ4n) is 8.86. The number of anilines is 3. The zero-order valence-electron chi connectivity index (χ0n) is 30.2. The number of benzene rings is 8. The highest BCUT2D eigenvalue weighted by Gasteiger charge is 2.22. The monoisotopic (exact) mass is 748 g/mol. The molecule has 2 nitrogen and oxygen atoms in total. The van der Waals surface area contributed by atoms with Crippen molar-refractivity contribution in [2.45, 2.75) is 0 Å².